The molecule has 0 aliphatic heterocycles. The molecule has 0 aliphatic carbocycles. The summed E-state index contributed by atoms with van der Waals surface area (Å²) in [5.74, 6) is -5.48. The Morgan fingerprint density at radius 1 is 0.904 bits per heavy atom. The maximum atomic E-state index is 13.4. The zero-order valence-electron chi connectivity index (χ0n) is 28.5. The number of hydrogen-bond acceptors (Lipinski definition) is 9. The van der Waals surface area contributed by atoms with Crippen molar-refractivity contribution in [3.8, 4) is 17.1 Å². The number of hydroxylamine groups is 2. The van der Waals surface area contributed by atoms with E-state index >= 15 is 0 Å². The van der Waals surface area contributed by atoms with Crippen LogP contribution in [0.1, 0.15) is 59.6 Å². The predicted octanol–water partition coefficient (Wildman–Crippen LogP) is 3.83. The summed E-state index contributed by atoms with van der Waals surface area (Å²) >= 11 is 0. The second-order valence-corrected chi connectivity index (χ2v) is 11.8. The smallest absolute Gasteiger partial charge is 0.326 e. The molecule has 0 bridgehead atoms. The highest BCUT2D eigenvalue weighted by Gasteiger charge is 2.31. The van der Waals surface area contributed by atoms with Crippen molar-refractivity contribution >= 4 is 46.8 Å². The quantitative estimate of drug-likeness (QED) is 0.0354. The summed E-state index contributed by atoms with van der Waals surface area (Å²) in [6.45, 7) is 3.29. The van der Waals surface area contributed by atoms with E-state index in [0.29, 0.717) is 29.9 Å². The van der Waals surface area contributed by atoms with Crippen molar-refractivity contribution in [2.24, 2.45) is 5.92 Å². The molecule has 0 saturated carbocycles. The van der Waals surface area contributed by atoms with Crippen LogP contribution in [0, 0.1) is 5.92 Å². The normalized spacial score (nSPS) is 12.6. The van der Waals surface area contributed by atoms with Gasteiger partial charge in [-0.25, -0.2) is 9.86 Å². The molecule has 274 valence electrons. The number of hydrogen-bond donors (Lipinski definition) is 6. The van der Waals surface area contributed by atoms with E-state index in [1.807, 2.05) is 42.5 Å². The fourth-order valence-electron chi connectivity index (χ4n) is 5.74. The maximum absolute atomic E-state index is 13.4. The average Bonchev–Trinajstić information content (AvgIpc) is 3.63. The molecule has 1 unspecified atom stereocenters. The Morgan fingerprint density at radius 2 is 1.65 bits per heavy atom. The van der Waals surface area contributed by atoms with Gasteiger partial charge in [-0.1, -0.05) is 55.5 Å². The summed E-state index contributed by atoms with van der Waals surface area (Å²) < 4.78 is 11.3. The minimum Gasteiger partial charge on any atom is -0.493 e. The van der Waals surface area contributed by atoms with Gasteiger partial charge in [0, 0.05) is 5.56 Å². The van der Waals surface area contributed by atoms with Gasteiger partial charge in [0.05, 0.1) is 37.2 Å². The molecule has 3 aromatic carbocycles. The van der Waals surface area contributed by atoms with Crippen LogP contribution in [0.5, 0.6) is 5.75 Å². The number of aliphatic carboxylic acids is 2. The lowest BCUT2D eigenvalue weighted by atomic mass is 9.89. The molecule has 4 aromatic rings. The van der Waals surface area contributed by atoms with Crippen molar-refractivity contribution in [2.45, 2.75) is 51.6 Å². The van der Waals surface area contributed by atoms with Gasteiger partial charge in [0.1, 0.15) is 17.6 Å². The second kappa shape index (κ2) is 18.1. The van der Waals surface area contributed by atoms with Crippen LogP contribution in [0.2, 0.25) is 0 Å². The first-order chi connectivity index (χ1) is 24.9. The highest BCUT2D eigenvalue weighted by Crippen LogP contribution is 2.29. The van der Waals surface area contributed by atoms with Crippen LogP contribution in [-0.2, 0) is 25.6 Å². The molecule has 15 heteroatoms. The molecule has 0 radical (unpaired) electrons. The van der Waals surface area contributed by atoms with Gasteiger partial charge in [-0.3, -0.25) is 29.2 Å². The molecular weight excluding hydrogens is 676 g/mol. The summed E-state index contributed by atoms with van der Waals surface area (Å²) in [6, 6.07) is 18.6. The molecule has 1 aromatic heterocycles. The minimum absolute atomic E-state index is 0.0409. The topological polar surface area (TPSA) is 225 Å². The minimum atomic E-state index is -1.66. The van der Waals surface area contributed by atoms with Gasteiger partial charge < -0.3 is 35.3 Å². The molecule has 0 spiro atoms. The van der Waals surface area contributed by atoms with E-state index in [9.17, 15) is 39.1 Å². The first kappa shape index (κ1) is 38.6. The molecule has 0 saturated heterocycles. The van der Waals surface area contributed by atoms with Crippen LogP contribution in [0.3, 0.4) is 0 Å². The number of carboxylic acid groups (broad SMARTS) is 2. The van der Waals surface area contributed by atoms with Gasteiger partial charge in [0.25, 0.3) is 11.8 Å². The van der Waals surface area contributed by atoms with Gasteiger partial charge in [-0.15, -0.1) is 0 Å². The largest absolute Gasteiger partial charge is 0.493 e. The van der Waals surface area contributed by atoms with Crippen LogP contribution in [0.25, 0.3) is 22.1 Å². The SMILES string of the molecule is CCOc1cc(-c2ccc(C(=O)NCNC(=O)[C@H](CCc3ccc4ccccc4c3)[C@@H](CC)N(O)C=O)o2)ccc1C(=O)NC(CC(=O)O)C(=O)O. The molecule has 6 N–H and O–H groups in total. The number of fused-ring (bicyclic) bond motifs is 1. The van der Waals surface area contributed by atoms with Crippen LogP contribution in [0.15, 0.2) is 77.2 Å². The number of nitrogens with zero attached hydrogens (tertiary/aromatic N) is 1. The standard InChI is InChI=1S/C37H40N4O11/c1-3-29(41(50)21-42)26(13-10-22-9-11-23-7-5-6-8-24(23)17-22)34(45)38-20-39-36(47)31-16-15-30(52-31)25-12-14-27(32(18-25)51-4-2)35(46)40-28(37(48)49)19-33(43)44/h5-9,11-12,14-18,21,26,28-29,50H,3-4,10,13,19-20H2,1-2H3,(H,38,45)(H,39,47)(H,40,46)(H,43,44)(H,48,49)/t26-,28?,29-/m1/s1. The van der Waals surface area contributed by atoms with E-state index in [0.717, 1.165) is 16.3 Å². The Kier molecular flexibility index (Phi) is 13.5. The van der Waals surface area contributed by atoms with Crippen molar-refractivity contribution in [2.75, 3.05) is 13.3 Å². The fourth-order valence-corrected chi connectivity index (χ4v) is 5.74. The molecule has 52 heavy (non-hydrogen) atoms. The number of carbonyl (C=O) groups is 6. The monoisotopic (exact) mass is 716 g/mol. The van der Waals surface area contributed by atoms with Crippen molar-refractivity contribution in [3.63, 3.8) is 0 Å². The van der Waals surface area contributed by atoms with E-state index in [4.69, 9.17) is 14.3 Å². The summed E-state index contributed by atoms with van der Waals surface area (Å²) in [4.78, 5) is 73.0. The first-order valence-corrected chi connectivity index (χ1v) is 16.5. The Bertz CT molecular complexity index is 1920. The zero-order valence-corrected chi connectivity index (χ0v) is 28.5. The summed E-state index contributed by atoms with van der Waals surface area (Å²) in [5, 5.41) is 38.5. The predicted molar refractivity (Wildman–Crippen MR) is 186 cm³/mol. The average molecular weight is 717 g/mol. The molecule has 15 nitrogen and oxygen atoms in total. The van der Waals surface area contributed by atoms with Crippen LogP contribution >= 0.6 is 0 Å². The van der Waals surface area contributed by atoms with Crippen LogP contribution < -0.4 is 20.7 Å². The van der Waals surface area contributed by atoms with E-state index < -0.39 is 54.1 Å². The van der Waals surface area contributed by atoms with Gasteiger partial charge in [0.2, 0.25) is 12.3 Å². The Hall–Kier alpha value is -6.22. The fraction of sp³-hybridized carbons (Fsp3) is 0.297. The first-order valence-electron chi connectivity index (χ1n) is 16.5. The highest BCUT2D eigenvalue weighted by atomic mass is 16.5. The Labute approximate surface area is 298 Å². The van der Waals surface area contributed by atoms with E-state index in [1.54, 1.807) is 13.8 Å². The van der Waals surface area contributed by atoms with Crippen LogP contribution in [-0.4, -0.2) is 81.9 Å². The Balaban J connectivity index is 1.40. The van der Waals surface area contributed by atoms with Gasteiger partial charge >= 0.3 is 11.9 Å². The number of ether oxygens (including phenoxy) is 1. The second-order valence-electron chi connectivity index (χ2n) is 11.8. The lowest BCUT2D eigenvalue weighted by Gasteiger charge is -2.29. The number of carboxylic acids is 2. The van der Waals surface area contributed by atoms with Crippen LogP contribution in [0.4, 0.5) is 0 Å². The molecule has 3 atom stereocenters. The zero-order chi connectivity index (χ0) is 37.8. The number of furan rings is 1. The number of carbonyl (C=O) groups excluding carboxylic acids is 4. The number of benzene rings is 3. The number of rotatable bonds is 19. The third-order valence-electron chi connectivity index (χ3n) is 8.36. The number of nitrogens with one attached hydrogen (secondary N) is 3. The number of amides is 4. The lowest BCUT2D eigenvalue weighted by molar-refractivity contribution is -0.168. The van der Waals surface area contributed by atoms with Crippen molar-refractivity contribution in [3.05, 3.63) is 89.7 Å². The van der Waals surface area contributed by atoms with Gasteiger partial charge in [0.15, 0.2) is 5.76 Å². The lowest BCUT2D eigenvalue weighted by Crippen LogP contribution is -2.47. The van der Waals surface area contributed by atoms with Crippen molar-refractivity contribution in [1.29, 1.82) is 0 Å². The Morgan fingerprint density at radius 3 is 2.33 bits per heavy atom. The van der Waals surface area contributed by atoms with Gasteiger partial charge in [-0.05, 0) is 66.8 Å². The molecule has 4 amide bonds. The molecule has 1 heterocycles. The molecule has 0 aliphatic rings. The van der Waals surface area contributed by atoms with E-state index in [2.05, 4.69) is 16.0 Å². The maximum Gasteiger partial charge on any atom is 0.326 e. The van der Waals surface area contributed by atoms with Crippen molar-refractivity contribution < 1.29 is 53.3 Å². The highest BCUT2D eigenvalue weighted by molar-refractivity contribution is 6.00. The number of aryl methyl sites for hydroxylation is 1. The molecular formula is C37H40N4O11. The van der Waals surface area contributed by atoms with E-state index in [-0.39, 0.29) is 42.5 Å². The van der Waals surface area contributed by atoms with Gasteiger partial charge in [-0.2, -0.15) is 0 Å². The van der Waals surface area contributed by atoms with E-state index in [1.165, 1.54) is 30.3 Å². The van der Waals surface area contributed by atoms with Crippen molar-refractivity contribution in [1.82, 2.24) is 21.0 Å². The summed E-state index contributed by atoms with van der Waals surface area (Å²) in [5.41, 5.74) is 1.36. The third-order valence-corrected chi connectivity index (χ3v) is 8.36. The molecule has 0 fully saturated rings. The molecule has 4 rings (SSSR count). The third kappa shape index (κ3) is 9.94. The summed E-state index contributed by atoms with van der Waals surface area (Å²) in [6.07, 6.45) is 0.555. The summed E-state index contributed by atoms with van der Waals surface area (Å²) in [7, 11) is 0.